The van der Waals surface area contributed by atoms with Gasteiger partial charge in [-0.1, -0.05) is 25.1 Å². The molecule has 1 aromatic carbocycles. The number of aromatic nitrogens is 3. The minimum absolute atomic E-state index is 0.0208. The van der Waals surface area contributed by atoms with Crippen LogP contribution in [0.5, 0.6) is 5.75 Å². The molecule has 0 aliphatic rings. The summed E-state index contributed by atoms with van der Waals surface area (Å²) in [6.45, 7) is 2.58. The average Bonchev–Trinajstić information content (AvgIpc) is 3.24. The number of carbonyl (C=O) groups excluding carboxylic acids is 1. The monoisotopic (exact) mass is 408 g/mol. The second kappa shape index (κ2) is 10.5. The molecule has 0 bridgehead atoms. The van der Waals surface area contributed by atoms with E-state index in [1.54, 1.807) is 19.1 Å². The molecule has 0 aliphatic carbocycles. The molecule has 0 unspecified atom stereocenters. The lowest BCUT2D eigenvalue weighted by Crippen LogP contribution is -2.26. The summed E-state index contributed by atoms with van der Waals surface area (Å²) in [6, 6.07) is 11.9. The predicted octanol–water partition coefficient (Wildman–Crippen LogP) is 3.41. The Balaban J connectivity index is 1.45. The zero-order valence-corrected chi connectivity index (χ0v) is 17.8. The predicted molar refractivity (Wildman–Crippen MR) is 113 cm³/mol. The molecule has 0 aliphatic heterocycles. The van der Waals surface area contributed by atoms with Gasteiger partial charge in [0, 0.05) is 32.5 Å². The summed E-state index contributed by atoms with van der Waals surface area (Å²) < 4.78 is 10.9. The molecule has 0 spiro atoms. The van der Waals surface area contributed by atoms with Gasteiger partial charge < -0.3 is 14.1 Å². The lowest BCUT2D eigenvalue weighted by molar-refractivity contribution is -0.130. The van der Waals surface area contributed by atoms with Crippen molar-refractivity contribution in [3.8, 4) is 5.75 Å². The Kier molecular flexibility index (Phi) is 7.54. The van der Waals surface area contributed by atoms with Gasteiger partial charge in [-0.15, -0.1) is 10.2 Å². The SMILES string of the molecule is CCc1ccc(CN(C)C(=O)CCc2nnc(CCc3cccc(OC)c3)o2)nc1. The second-order valence-electron chi connectivity index (χ2n) is 7.20. The first kappa shape index (κ1) is 21.5. The summed E-state index contributed by atoms with van der Waals surface area (Å²) in [4.78, 5) is 18.5. The summed E-state index contributed by atoms with van der Waals surface area (Å²) in [6.07, 6.45) is 4.99. The van der Waals surface area contributed by atoms with Gasteiger partial charge in [0.1, 0.15) is 5.75 Å². The highest BCUT2D eigenvalue weighted by molar-refractivity contribution is 5.75. The number of nitrogens with zero attached hydrogens (tertiary/aromatic N) is 4. The van der Waals surface area contributed by atoms with Crippen molar-refractivity contribution in [3.05, 3.63) is 71.2 Å². The first-order chi connectivity index (χ1) is 14.6. The molecule has 158 valence electrons. The summed E-state index contributed by atoms with van der Waals surface area (Å²) >= 11 is 0. The standard InChI is InChI=1S/C23H28N4O3/c1-4-17-8-10-19(24-15-17)16-27(2)23(28)13-12-22-26-25-21(30-22)11-9-18-6-5-7-20(14-18)29-3/h5-8,10,14-15H,4,9,11-13,16H2,1-3H3. The summed E-state index contributed by atoms with van der Waals surface area (Å²) in [5.41, 5.74) is 3.21. The van der Waals surface area contributed by atoms with E-state index in [1.807, 2.05) is 42.6 Å². The van der Waals surface area contributed by atoms with Crippen molar-refractivity contribution in [1.29, 1.82) is 0 Å². The van der Waals surface area contributed by atoms with Crippen LogP contribution in [0.1, 0.15) is 41.9 Å². The van der Waals surface area contributed by atoms with Crippen LogP contribution in [0.4, 0.5) is 0 Å². The van der Waals surface area contributed by atoms with Crippen molar-refractivity contribution in [3.63, 3.8) is 0 Å². The quantitative estimate of drug-likeness (QED) is 0.511. The lowest BCUT2D eigenvalue weighted by Gasteiger charge is -2.16. The number of methoxy groups -OCH3 is 1. The third kappa shape index (κ3) is 6.14. The molecule has 30 heavy (non-hydrogen) atoms. The molecule has 2 heterocycles. The molecule has 0 saturated carbocycles. The fourth-order valence-corrected chi connectivity index (χ4v) is 3.06. The van der Waals surface area contributed by atoms with Crippen LogP contribution in [-0.2, 0) is 37.0 Å². The largest absolute Gasteiger partial charge is 0.497 e. The molecule has 0 fully saturated rings. The van der Waals surface area contributed by atoms with Gasteiger partial charge in [0.25, 0.3) is 0 Å². The van der Waals surface area contributed by atoms with Gasteiger partial charge in [-0.05, 0) is 42.2 Å². The van der Waals surface area contributed by atoms with E-state index in [0.717, 1.165) is 29.8 Å². The van der Waals surface area contributed by atoms with Crippen LogP contribution in [0.25, 0.3) is 0 Å². The van der Waals surface area contributed by atoms with Crippen molar-refractivity contribution in [2.24, 2.45) is 0 Å². The van der Waals surface area contributed by atoms with E-state index < -0.39 is 0 Å². The van der Waals surface area contributed by atoms with Crippen LogP contribution < -0.4 is 4.74 Å². The zero-order valence-electron chi connectivity index (χ0n) is 17.8. The topological polar surface area (TPSA) is 81.4 Å². The average molecular weight is 409 g/mol. The van der Waals surface area contributed by atoms with Gasteiger partial charge in [0.05, 0.1) is 19.3 Å². The van der Waals surface area contributed by atoms with Crippen LogP contribution in [0, 0.1) is 0 Å². The lowest BCUT2D eigenvalue weighted by atomic mass is 10.1. The molecule has 3 aromatic rings. The van der Waals surface area contributed by atoms with Gasteiger partial charge in [-0.25, -0.2) is 0 Å². The summed E-state index contributed by atoms with van der Waals surface area (Å²) in [7, 11) is 3.44. The first-order valence-electron chi connectivity index (χ1n) is 10.2. The molecular weight excluding hydrogens is 380 g/mol. The third-order valence-electron chi connectivity index (χ3n) is 4.94. The molecular formula is C23H28N4O3. The number of aryl methyl sites for hydroxylation is 4. The van der Waals surface area contributed by atoms with Gasteiger partial charge in [-0.2, -0.15) is 0 Å². The normalized spacial score (nSPS) is 10.8. The van der Waals surface area contributed by atoms with Gasteiger partial charge in [0.15, 0.2) is 0 Å². The van der Waals surface area contributed by atoms with Crippen LogP contribution in [0.3, 0.4) is 0 Å². The Labute approximate surface area is 177 Å². The molecule has 0 N–H and O–H groups in total. The number of carbonyl (C=O) groups is 1. The highest BCUT2D eigenvalue weighted by Crippen LogP contribution is 2.15. The number of benzene rings is 1. The van der Waals surface area contributed by atoms with E-state index in [-0.39, 0.29) is 5.91 Å². The number of hydrogen-bond acceptors (Lipinski definition) is 6. The van der Waals surface area contributed by atoms with Crippen molar-refractivity contribution in [2.75, 3.05) is 14.2 Å². The number of pyridine rings is 1. The Morgan fingerprint density at radius 2 is 1.87 bits per heavy atom. The van der Waals surface area contributed by atoms with Gasteiger partial charge in [0.2, 0.25) is 17.7 Å². The Bertz CT molecular complexity index is 953. The van der Waals surface area contributed by atoms with Crippen molar-refractivity contribution >= 4 is 5.91 Å². The van der Waals surface area contributed by atoms with Crippen molar-refractivity contribution in [2.45, 2.75) is 45.6 Å². The molecule has 0 atom stereocenters. The van der Waals surface area contributed by atoms with E-state index in [2.05, 4.69) is 22.1 Å². The Morgan fingerprint density at radius 3 is 2.57 bits per heavy atom. The van der Waals surface area contributed by atoms with Gasteiger partial charge in [-0.3, -0.25) is 9.78 Å². The Morgan fingerprint density at radius 1 is 1.07 bits per heavy atom. The highest BCUT2D eigenvalue weighted by atomic mass is 16.5. The smallest absolute Gasteiger partial charge is 0.223 e. The van der Waals surface area contributed by atoms with Crippen molar-refractivity contribution in [1.82, 2.24) is 20.1 Å². The fourth-order valence-electron chi connectivity index (χ4n) is 3.06. The maximum Gasteiger partial charge on any atom is 0.223 e. The van der Waals surface area contributed by atoms with Crippen LogP contribution in [-0.4, -0.2) is 40.1 Å². The third-order valence-corrected chi connectivity index (χ3v) is 4.94. The molecule has 2 aromatic heterocycles. The maximum absolute atomic E-state index is 12.4. The Hall–Kier alpha value is -3.22. The minimum atomic E-state index is 0.0208. The summed E-state index contributed by atoms with van der Waals surface area (Å²) in [5.74, 6) is 1.92. The molecule has 0 saturated heterocycles. The summed E-state index contributed by atoms with van der Waals surface area (Å²) in [5, 5.41) is 8.17. The number of ether oxygens (including phenoxy) is 1. The van der Waals surface area contributed by atoms with Crippen LogP contribution in [0.2, 0.25) is 0 Å². The molecule has 3 rings (SSSR count). The van der Waals surface area contributed by atoms with E-state index >= 15 is 0 Å². The molecule has 0 radical (unpaired) electrons. The fraction of sp³-hybridized carbons (Fsp3) is 0.391. The molecule has 7 nitrogen and oxygen atoms in total. The van der Waals surface area contributed by atoms with E-state index in [1.165, 1.54) is 5.56 Å². The van der Waals surface area contributed by atoms with Crippen LogP contribution >= 0.6 is 0 Å². The molecule has 1 amide bonds. The van der Waals surface area contributed by atoms with E-state index in [4.69, 9.17) is 9.15 Å². The minimum Gasteiger partial charge on any atom is -0.497 e. The van der Waals surface area contributed by atoms with E-state index in [0.29, 0.717) is 37.6 Å². The van der Waals surface area contributed by atoms with Crippen LogP contribution in [0.15, 0.2) is 47.0 Å². The highest BCUT2D eigenvalue weighted by Gasteiger charge is 2.13. The zero-order chi connectivity index (χ0) is 21.3. The number of amides is 1. The molecule has 7 heteroatoms. The first-order valence-corrected chi connectivity index (χ1v) is 10.2. The van der Waals surface area contributed by atoms with Crippen molar-refractivity contribution < 1.29 is 13.9 Å². The number of rotatable bonds is 10. The second-order valence-corrected chi connectivity index (χ2v) is 7.20. The van der Waals surface area contributed by atoms with E-state index in [9.17, 15) is 4.79 Å². The maximum atomic E-state index is 12.4. The van der Waals surface area contributed by atoms with Gasteiger partial charge >= 0.3 is 0 Å². The number of hydrogen-bond donors (Lipinski definition) is 0.